The van der Waals surface area contributed by atoms with Crippen molar-refractivity contribution < 1.29 is 4.74 Å². The third-order valence-electron chi connectivity index (χ3n) is 4.76. The van der Waals surface area contributed by atoms with Crippen molar-refractivity contribution in [3.63, 3.8) is 0 Å². The van der Waals surface area contributed by atoms with Gasteiger partial charge >= 0.3 is 0 Å². The van der Waals surface area contributed by atoms with E-state index in [0.29, 0.717) is 12.0 Å². The Morgan fingerprint density at radius 1 is 1.27 bits per heavy atom. The highest BCUT2D eigenvalue weighted by molar-refractivity contribution is 14.0. The molecule has 1 heterocycles. The number of rotatable bonds is 4. The molecule has 5 heteroatoms. The van der Waals surface area contributed by atoms with E-state index in [4.69, 9.17) is 4.74 Å². The highest BCUT2D eigenvalue weighted by Gasteiger charge is 2.43. The number of halogens is 1. The van der Waals surface area contributed by atoms with E-state index < -0.39 is 0 Å². The third-order valence-corrected chi connectivity index (χ3v) is 4.76. The predicted octanol–water partition coefficient (Wildman–Crippen LogP) is 3.13. The van der Waals surface area contributed by atoms with Crippen molar-refractivity contribution >= 4 is 29.9 Å². The van der Waals surface area contributed by atoms with Crippen LogP contribution in [0.2, 0.25) is 0 Å². The van der Waals surface area contributed by atoms with Crippen LogP contribution in [0, 0.1) is 5.41 Å². The van der Waals surface area contributed by atoms with Crippen molar-refractivity contribution in [2.45, 2.75) is 25.7 Å². The van der Waals surface area contributed by atoms with Crippen molar-refractivity contribution in [3.05, 3.63) is 30.3 Å². The van der Waals surface area contributed by atoms with Crippen LogP contribution in [-0.2, 0) is 0 Å². The first-order chi connectivity index (χ1) is 10.3. The lowest BCUT2D eigenvalue weighted by atomic mass is 9.68. The van der Waals surface area contributed by atoms with Crippen LogP contribution in [0.15, 0.2) is 35.3 Å². The van der Waals surface area contributed by atoms with Crippen LogP contribution in [0.25, 0.3) is 0 Å². The molecular formula is C17H26IN3O. The SMILES string of the molecule is CN=C(NCCOc1ccccc1)N1CCC2(CCC2)C1.I. The standard InChI is InChI=1S/C17H25N3O.HI/c1-18-16(20-12-10-17(14-20)8-5-9-17)19-11-13-21-15-6-3-2-4-7-15;/h2-4,6-7H,5,8-14H2,1H3,(H,18,19);1H. The van der Waals surface area contributed by atoms with Crippen LogP contribution in [-0.4, -0.2) is 44.1 Å². The molecule has 0 bridgehead atoms. The predicted molar refractivity (Wildman–Crippen MR) is 101 cm³/mol. The fraction of sp³-hybridized carbons (Fsp3) is 0.588. The molecule has 1 saturated carbocycles. The molecule has 0 atom stereocenters. The summed E-state index contributed by atoms with van der Waals surface area (Å²) in [6.45, 7) is 3.75. The molecule has 1 aliphatic heterocycles. The van der Waals surface area contributed by atoms with Crippen LogP contribution in [0.4, 0.5) is 0 Å². The van der Waals surface area contributed by atoms with Gasteiger partial charge in [0.2, 0.25) is 0 Å². The summed E-state index contributed by atoms with van der Waals surface area (Å²) < 4.78 is 5.70. The lowest BCUT2D eigenvalue weighted by Gasteiger charge is -2.38. The number of ether oxygens (including phenoxy) is 1. The molecule has 2 aliphatic rings. The molecule has 0 aromatic heterocycles. The second-order valence-electron chi connectivity index (χ2n) is 6.16. The monoisotopic (exact) mass is 415 g/mol. The number of hydrogen-bond donors (Lipinski definition) is 1. The van der Waals surface area contributed by atoms with Crippen molar-refractivity contribution in [2.75, 3.05) is 33.3 Å². The summed E-state index contributed by atoms with van der Waals surface area (Å²) in [5.74, 6) is 1.94. The minimum atomic E-state index is 0. The number of likely N-dealkylation sites (tertiary alicyclic amines) is 1. The molecule has 1 saturated heterocycles. The molecule has 1 spiro atoms. The van der Waals surface area contributed by atoms with Gasteiger partial charge in [0.25, 0.3) is 0 Å². The maximum Gasteiger partial charge on any atom is 0.193 e. The Morgan fingerprint density at radius 3 is 2.64 bits per heavy atom. The Kier molecular flexibility index (Phi) is 6.35. The largest absolute Gasteiger partial charge is 0.492 e. The summed E-state index contributed by atoms with van der Waals surface area (Å²) in [6.07, 6.45) is 5.54. The van der Waals surface area contributed by atoms with Gasteiger partial charge in [-0.25, -0.2) is 0 Å². The maximum atomic E-state index is 5.70. The van der Waals surface area contributed by atoms with E-state index in [1.54, 1.807) is 0 Å². The zero-order valence-corrected chi connectivity index (χ0v) is 15.6. The molecule has 1 aromatic rings. The van der Waals surface area contributed by atoms with Crippen molar-refractivity contribution in [1.29, 1.82) is 0 Å². The Labute approximate surface area is 150 Å². The summed E-state index contributed by atoms with van der Waals surface area (Å²) >= 11 is 0. The van der Waals surface area contributed by atoms with Gasteiger partial charge in [-0.1, -0.05) is 24.6 Å². The molecule has 4 nitrogen and oxygen atoms in total. The van der Waals surface area contributed by atoms with Gasteiger partial charge in [0.15, 0.2) is 5.96 Å². The van der Waals surface area contributed by atoms with Gasteiger partial charge in [0.05, 0.1) is 6.54 Å². The summed E-state index contributed by atoms with van der Waals surface area (Å²) in [7, 11) is 1.87. The zero-order valence-electron chi connectivity index (χ0n) is 13.3. The lowest BCUT2D eigenvalue weighted by Crippen LogP contribution is -2.43. The smallest absolute Gasteiger partial charge is 0.193 e. The van der Waals surface area contributed by atoms with Crippen LogP contribution < -0.4 is 10.1 Å². The second-order valence-corrected chi connectivity index (χ2v) is 6.16. The van der Waals surface area contributed by atoms with E-state index in [9.17, 15) is 0 Å². The van der Waals surface area contributed by atoms with E-state index in [1.807, 2.05) is 37.4 Å². The average molecular weight is 415 g/mol. The van der Waals surface area contributed by atoms with Gasteiger partial charge in [0, 0.05) is 20.1 Å². The summed E-state index contributed by atoms with van der Waals surface area (Å²) in [6, 6.07) is 9.94. The number of nitrogens with zero attached hydrogens (tertiary/aromatic N) is 2. The molecule has 0 radical (unpaired) electrons. The first kappa shape index (κ1) is 17.4. The van der Waals surface area contributed by atoms with Crippen LogP contribution in [0.5, 0.6) is 5.75 Å². The van der Waals surface area contributed by atoms with Crippen LogP contribution in [0.3, 0.4) is 0 Å². The van der Waals surface area contributed by atoms with Crippen LogP contribution in [0.1, 0.15) is 25.7 Å². The molecule has 122 valence electrons. The lowest BCUT2D eigenvalue weighted by molar-refractivity contribution is 0.151. The van der Waals surface area contributed by atoms with E-state index in [1.165, 1.54) is 32.2 Å². The number of para-hydroxylation sites is 1. The second kappa shape index (κ2) is 8.04. The van der Waals surface area contributed by atoms with Crippen molar-refractivity contribution in [3.8, 4) is 5.75 Å². The Morgan fingerprint density at radius 2 is 2.05 bits per heavy atom. The molecule has 0 amide bonds. The molecule has 0 unspecified atom stereocenters. The summed E-state index contributed by atoms with van der Waals surface area (Å²) in [5, 5.41) is 3.42. The highest BCUT2D eigenvalue weighted by Crippen LogP contribution is 2.47. The first-order valence-electron chi connectivity index (χ1n) is 7.95. The number of guanidine groups is 1. The molecule has 1 aliphatic carbocycles. The number of aliphatic imine (C=N–C) groups is 1. The number of hydrogen-bond acceptors (Lipinski definition) is 2. The zero-order chi connectivity index (χ0) is 14.5. The van der Waals surface area contributed by atoms with E-state index >= 15 is 0 Å². The molecular weight excluding hydrogens is 389 g/mol. The van der Waals surface area contributed by atoms with Crippen molar-refractivity contribution in [1.82, 2.24) is 10.2 Å². The Balaban J connectivity index is 0.00000176. The molecule has 1 N–H and O–H groups in total. The normalized spacial score (nSPS) is 19.5. The summed E-state index contributed by atoms with van der Waals surface area (Å²) in [4.78, 5) is 6.82. The Bertz CT molecular complexity index is 488. The van der Waals surface area contributed by atoms with Crippen molar-refractivity contribution in [2.24, 2.45) is 10.4 Å². The maximum absolute atomic E-state index is 5.70. The minimum absolute atomic E-state index is 0. The first-order valence-corrected chi connectivity index (χ1v) is 7.95. The molecule has 22 heavy (non-hydrogen) atoms. The number of benzene rings is 1. The van der Waals surface area contributed by atoms with Gasteiger partial charge < -0.3 is 15.0 Å². The molecule has 1 aromatic carbocycles. The fourth-order valence-electron chi connectivity index (χ4n) is 3.38. The Hall–Kier alpha value is -0.980. The fourth-order valence-corrected chi connectivity index (χ4v) is 3.38. The van der Waals surface area contributed by atoms with Gasteiger partial charge in [-0.15, -0.1) is 24.0 Å². The summed E-state index contributed by atoms with van der Waals surface area (Å²) in [5.41, 5.74) is 0.609. The van der Waals surface area contributed by atoms with Gasteiger partial charge in [-0.2, -0.15) is 0 Å². The molecule has 2 fully saturated rings. The van der Waals surface area contributed by atoms with E-state index in [0.717, 1.165) is 24.8 Å². The van der Waals surface area contributed by atoms with E-state index in [2.05, 4.69) is 15.2 Å². The number of nitrogens with one attached hydrogen (secondary N) is 1. The molecule has 3 rings (SSSR count). The third kappa shape index (κ3) is 4.06. The van der Waals surface area contributed by atoms with Crippen LogP contribution >= 0.6 is 24.0 Å². The average Bonchev–Trinajstić information content (AvgIpc) is 2.94. The topological polar surface area (TPSA) is 36.9 Å². The van der Waals surface area contributed by atoms with Gasteiger partial charge in [-0.3, -0.25) is 4.99 Å². The minimum Gasteiger partial charge on any atom is -0.492 e. The van der Waals surface area contributed by atoms with Gasteiger partial charge in [-0.05, 0) is 36.8 Å². The quantitative estimate of drug-likeness (QED) is 0.355. The van der Waals surface area contributed by atoms with E-state index in [-0.39, 0.29) is 24.0 Å². The highest BCUT2D eigenvalue weighted by atomic mass is 127. The van der Waals surface area contributed by atoms with Gasteiger partial charge in [0.1, 0.15) is 12.4 Å².